The van der Waals surface area contributed by atoms with E-state index in [2.05, 4.69) is 0 Å². The van der Waals surface area contributed by atoms with Crippen LogP contribution in [0.25, 0.3) is 0 Å². The minimum absolute atomic E-state index is 0.215. The van der Waals surface area contributed by atoms with Gasteiger partial charge in [-0.15, -0.1) is 0 Å². The molecular formula is C39H33O7P. The average molecular weight is 645 g/mol. The first-order valence-electron chi connectivity index (χ1n) is 15.1. The highest BCUT2D eigenvalue weighted by atomic mass is 31.2. The van der Waals surface area contributed by atoms with E-state index in [1.165, 1.54) is 0 Å². The average Bonchev–Trinajstić information content (AvgIpc) is 3.07. The molecule has 7 nitrogen and oxygen atoms in total. The van der Waals surface area contributed by atoms with Gasteiger partial charge in [0.15, 0.2) is 0 Å². The second-order valence-electron chi connectivity index (χ2n) is 11.2. The predicted octanol–water partition coefficient (Wildman–Crippen LogP) is 9.22. The molecule has 47 heavy (non-hydrogen) atoms. The van der Waals surface area contributed by atoms with Crippen molar-refractivity contribution in [2.24, 2.45) is 0 Å². The van der Waals surface area contributed by atoms with Crippen LogP contribution in [0.1, 0.15) is 33.4 Å². The summed E-state index contributed by atoms with van der Waals surface area (Å²) in [6, 6.07) is 42.7. The zero-order valence-corrected chi connectivity index (χ0v) is 26.3. The molecule has 0 atom stereocenters. The number of phosphoric ester groups is 1. The lowest BCUT2D eigenvalue weighted by molar-refractivity contribution is 0.298. The first-order valence-corrected chi connectivity index (χ1v) is 16.5. The van der Waals surface area contributed by atoms with Gasteiger partial charge in [0.05, 0.1) is 0 Å². The van der Waals surface area contributed by atoms with Gasteiger partial charge in [0.1, 0.15) is 34.5 Å². The Hall–Kier alpha value is -5.65. The van der Waals surface area contributed by atoms with Crippen molar-refractivity contribution in [3.05, 3.63) is 179 Å². The summed E-state index contributed by atoms with van der Waals surface area (Å²) in [5.74, 6) is 1.59. The van der Waals surface area contributed by atoms with Gasteiger partial charge in [-0.3, -0.25) is 0 Å². The largest absolute Gasteiger partial charge is 0.647 e. The van der Waals surface area contributed by atoms with Gasteiger partial charge < -0.3 is 28.9 Å². The Labute approximate surface area is 273 Å². The topological polar surface area (TPSA) is 105 Å². The lowest BCUT2D eigenvalue weighted by atomic mass is 10.1. The highest BCUT2D eigenvalue weighted by Gasteiger charge is 2.33. The van der Waals surface area contributed by atoms with Gasteiger partial charge in [-0.05, 0) is 125 Å². The van der Waals surface area contributed by atoms with Crippen molar-refractivity contribution >= 4 is 7.82 Å². The van der Waals surface area contributed by atoms with Crippen LogP contribution in [0, 0.1) is 0 Å². The number of phosphoric acid groups is 1. The summed E-state index contributed by atoms with van der Waals surface area (Å²) in [6.45, 7) is 0. The maximum Gasteiger partial charge on any atom is 0.647 e. The summed E-state index contributed by atoms with van der Waals surface area (Å²) in [4.78, 5) is 0. The number of aromatic hydroxyl groups is 3. The minimum atomic E-state index is -4.23. The Morgan fingerprint density at radius 3 is 0.745 bits per heavy atom. The van der Waals surface area contributed by atoms with Crippen molar-refractivity contribution in [3.8, 4) is 34.5 Å². The van der Waals surface area contributed by atoms with Crippen LogP contribution < -0.4 is 13.6 Å². The van der Waals surface area contributed by atoms with Gasteiger partial charge >= 0.3 is 7.82 Å². The molecule has 0 spiro atoms. The van der Waals surface area contributed by atoms with Crippen LogP contribution in [0.4, 0.5) is 0 Å². The molecule has 0 saturated heterocycles. The van der Waals surface area contributed by atoms with Crippen LogP contribution in [-0.2, 0) is 23.8 Å². The van der Waals surface area contributed by atoms with Crippen molar-refractivity contribution in [2.75, 3.05) is 0 Å². The van der Waals surface area contributed by atoms with Crippen molar-refractivity contribution in [1.29, 1.82) is 0 Å². The molecule has 6 aromatic rings. The summed E-state index contributed by atoms with van der Waals surface area (Å²) in [5, 5.41) is 28.7. The van der Waals surface area contributed by atoms with E-state index in [1.54, 1.807) is 72.8 Å². The normalized spacial score (nSPS) is 11.1. The maximum absolute atomic E-state index is 14.2. The summed E-state index contributed by atoms with van der Waals surface area (Å²) in [7, 11) is -4.23. The fourth-order valence-corrected chi connectivity index (χ4v) is 6.25. The Bertz CT molecular complexity index is 1710. The molecule has 0 saturated carbocycles. The van der Waals surface area contributed by atoms with Crippen molar-refractivity contribution in [2.45, 2.75) is 19.3 Å². The Kier molecular flexibility index (Phi) is 9.46. The fraction of sp³-hybridized carbons (Fsp3) is 0.0769. The van der Waals surface area contributed by atoms with E-state index in [1.807, 2.05) is 72.8 Å². The van der Waals surface area contributed by atoms with Crippen molar-refractivity contribution in [1.82, 2.24) is 0 Å². The monoisotopic (exact) mass is 644 g/mol. The smallest absolute Gasteiger partial charge is 0.508 e. The van der Waals surface area contributed by atoms with Crippen LogP contribution in [0.5, 0.6) is 34.5 Å². The Morgan fingerprint density at radius 2 is 0.532 bits per heavy atom. The lowest BCUT2D eigenvalue weighted by Crippen LogP contribution is -2.08. The van der Waals surface area contributed by atoms with Gasteiger partial charge in [0.25, 0.3) is 0 Å². The zero-order valence-electron chi connectivity index (χ0n) is 25.4. The number of phenolic OH excluding ortho intramolecular Hbond substituents is 3. The highest BCUT2D eigenvalue weighted by molar-refractivity contribution is 7.49. The number of benzene rings is 6. The van der Waals surface area contributed by atoms with Crippen molar-refractivity contribution in [3.63, 3.8) is 0 Å². The molecule has 0 heterocycles. The second-order valence-corrected chi connectivity index (χ2v) is 12.6. The van der Waals surface area contributed by atoms with Gasteiger partial charge in [0, 0.05) is 0 Å². The van der Waals surface area contributed by atoms with Crippen LogP contribution in [0.15, 0.2) is 146 Å². The summed E-state index contributed by atoms with van der Waals surface area (Å²) >= 11 is 0. The molecule has 0 aliphatic rings. The predicted molar refractivity (Wildman–Crippen MR) is 182 cm³/mol. The van der Waals surface area contributed by atoms with Gasteiger partial charge in [-0.25, -0.2) is 0 Å². The number of rotatable bonds is 12. The Balaban J connectivity index is 1.18. The molecule has 0 unspecified atom stereocenters. The first-order chi connectivity index (χ1) is 22.8. The summed E-state index contributed by atoms with van der Waals surface area (Å²) in [5.41, 5.74) is 6.14. The summed E-state index contributed by atoms with van der Waals surface area (Å²) < 4.78 is 32.0. The molecular weight excluding hydrogens is 611 g/mol. The molecule has 0 fully saturated rings. The molecule has 0 bridgehead atoms. The summed E-state index contributed by atoms with van der Waals surface area (Å²) in [6.07, 6.45) is 1.95. The van der Waals surface area contributed by atoms with Gasteiger partial charge in [0.2, 0.25) is 0 Å². The highest BCUT2D eigenvalue weighted by Crippen LogP contribution is 2.50. The maximum atomic E-state index is 14.2. The van der Waals surface area contributed by atoms with Crippen molar-refractivity contribution < 1.29 is 33.5 Å². The molecule has 8 heteroatoms. The van der Waals surface area contributed by atoms with E-state index in [0.29, 0.717) is 36.5 Å². The van der Waals surface area contributed by atoms with E-state index in [-0.39, 0.29) is 17.2 Å². The quantitative estimate of drug-likeness (QED) is 0.114. The molecule has 0 amide bonds. The third-order valence-electron chi connectivity index (χ3n) is 7.46. The standard InChI is InChI=1S/C39H33O7P/c40-34-13-1-28(2-14-34)25-31-7-19-37(20-8-31)44-47(43,45-38-21-9-32(10-22-38)26-29-3-15-35(41)16-4-29)46-39-23-11-33(12-24-39)27-30-5-17-36(42)18-6-30/h1-24,40-42H,25-27H2. The molecule has 0 aliphatic heterocycles. The number of hydrogen-bond acceptors (Lipinski definition) is 7. The second kappa shape index (κ2) is 14.2. The Morgan fingerprint density at radius 1 is 0.340 bits per heavy atom. The van der Waals surface area contributed by atoms with E-state index >= 15 is 0 Å². The third-order valence-corrected chi connectivity index (χ3v) is 8.76. The molecule has 236 valence electrons. The lowest BCUT2D eigenvalue weighted by Gasteiger charge is -2.20. The van der Waals surface area contributed by atoms with Gasteiger partial charge in [-0.2, -0.15) is 4.57 Å². The molecule has 0 radical (unpaired) electrons. The van der Waals surface area contributed by atoms with Crippen LogP contribution >= 0.6 is 7.82 Å². The van der Waals surface area contributed by atoms with Crippen LogP contribution in [0.2, 0.25) is 0 Å². The minimum Gasteiger partial charge on any atom is -0.508 e. The van der Waals surface area contributed by atoms with E-state index in [4.69, 9.17) is 13.6 Å². The molecule has 6 aromatic carbocycles. The molecule has 0 aromatic heterocycles. The fourth-order valence-electron chi connectivity index (χ4n) is 5.00. The van der Waals surface area contributed by atoms with E-state index in [0.717, 1.165) is 33.4 Å². The van der Waals surface area contributed by atoms with Crippen LogP contribution in [-0.4, -0.2) is 15.3 Å². The van der Waals surface area contributed by atoms with Crippen LogP contribution in [0.3, 0.4) is 0 Å². The third kappa shape index (κ3) is 8.97. The zero-order chi connectivity index (χ0) is 32.6. The van der Waals surface area contributed by atoms with E-state index < -0.39 is 7.82 Å². The SMILES string of the molecule is O=P(Oc1ccc(Cc2ccc(O)cc2)cc1)(Oc1ccc(Cc2ccc(O)cc2)cc1)Oc1ccc(Cc2ccc(O)cc2)cc1. The van der Waals surface area contributed by atoms with Gasteiger partial charge in [-0.1, -0.05) is 72.8 Å². The number of phenols is 3. The molecule has 6 rings (SSSR count). The molecule has 3 N–H and O–H groups in total. The van der Waals surface area contributed by atoms with E-state index in [9.17, 15) is 19.9 Å². The first kappa shape index (κ1) is 31.3. The molecule has 0 aliphatic carbocycles. The number of hydrogen-bond donors (Lipinski definition) is 3.